The third-order valence-electron chi connectivity index (χ3n) is 1.89. The highest BCUT2D eigenvalue weighted by Gasteiger charge is 2.32. The number of ether oxygens (including phenoxy) is 1. The van der Waals surface area contributed by atoms with E-state index in [1.165, 1.54) is 0 Å². The summed E-state index contributed by atoms with van der Waals surface area (Å²) < 4.78 is 5.04. The molecule has 2 aliphatic rings. The van der Waals surface area contributed by atoms with Crippen LogP contribution in [0.5, 0.6) is 0 Å². The molecule has 0 aromatic carbocycles. The molecule has 62 valence electrons. The number of fused-ring (bicyclic) bond motifs is 1. The molecular formula is C8H8N2O2. The number of rotatable bonds is 1. The zero-order chi connectivity index (χ0) is 8.55. The quantitative estimate of drug-likeness (QED) is 0.601. The Balaban J connectivity index is 2.37. The fourth-order valence-corrected chi connectivity index (χ4v) is 1.28. The van der Waals surface area contributed by atoms with Crippen molar-refractivity contribution < 1.29 is 9.53 Å². The van der Waals surface area contributed by atoms with Gasteiger partial charge in [-0.05, 0) is 6.08 Å². The number of hydrogen-bond donors (Lipinski definition) is 1. The number of amides is 1. The highest BCUT2D eigenvalue weighted by molar-refractivity contribution is 6.17. The predicted molar refractivity (Wildman–Crippen MR) is 43.3 cm³/mol. The largest absolute Gasteiger partial charge is 0.495 e. The molecule has 1 N–H and O–H groups in total. The van der Waals surface area contributed by atoms with E-state index in [9.17, 15) is 4.79 Å². The first-order valence-electron chi connectivity index (χ1n) is 3.63. The second-order valence-electron chi connectivity index (χ2n) is 2.57. The number of methoxy groups -OCH3 is 1. The fraction of sp³-hybridized carbons (Fsp3) is 0.250. The molecule has 1 aliphatic heterocycles. The Morgan fingerprint density at radius 2 is 2.50 bits per heavy atom. The zero-order valence-corrected chi connectivity index (χ0v) is 6.57. The Morgan fingerprint density at radius 3 is 3.25 bits per heavy atom. The number of allylic oxidation sites excluding steroid dienone is 3. The minimum absolute atomic E-state index is 0.0936. The Labute approximate surface area is 69.6 Å². The van der Waals surface area contributed by atoms with Gasteiger partial charge in [-0.2, -0.15) is 5.10 Å². The van der Waals surface area contributed by atoms with Crippen LogP contribution in [0.2, 0.25) is 0 Å². The summed E-state index contributed by atoms with van der Waals surface area (Å²) in [5.41, 5.74) is 3.07. The van der Waals surface area contributed by atoms with E-state index in [1.807, 2.05) is 0 Å². The van der Waals surface area contributed by atoms with E-state index >= 15 is 0 Å². The Hall–Kier alpha value is -1.58. The molecule has 1 amide bonds. The van der Waals surface area contributed by atoms with E-state index in [-0.39, 0.29) is 11.8 Å². The van der Waals surface area contributed by atoms with E-state index in [1.54, 1.807) is 25.3 Å². The summed E-state index contributed by atoms with van der Waals surface area (Å²) in [7, 11) is 1.56. The molecule has 0 aromatic heterocycles. The Bertz CT molecular complexity index is 315. The standard InChI is InChI=1S/C8H8N2O2/c1-12-6-4-2-3-5-7(6)9-10-8(5)11/h2-5H,1H3,(H,10,11). The van der Waals surface area contributed by atoms with Crippen LogP contribution in [0.15, 0.2) is 29.1 Å². The summed E-state index contributed by atoms with van der Waals surface area (Å²) in [5.74, 6) is 0.301. The lowest BCUT2D eigenvalue weighted by atomic mass is 9.97. The normalized spacial score (nSPS) is 25.8. The topological polar surface area (TPSA) is 50.7 Å². The van der Waals surface area contributed by atoms with Crippen molar-refractivity contribution in [1.82, 2.24) is 5.43 Å². The van der Waals surface area contributed by atoms with Crippen molar-refractivity contribution >= 4 is 11.6 Å². The van der Waals surface area contributed by atoms with E-state index in [0.29, 0.717) is 11.5 Å². The van der Waals surface area contributed by atoms with Gasteiger partial charge in [0.25, 0.3) is 5.91 Å². The summed E-state index contributed by atoms with van der Waals surface area (Å²) in [5, 5.41) is 3.86. The third-order valence-corrected chi connectivity index (χ3v) is 1.89. The maximum absolute atomic E-state index is 11.1. The fourth-order valence-electron chi connectivity index (χ4n) is 1.28. The molecule has 0 bridgehead atoms. The average molecular weight is 164 g/mol. The van der Waals surface area contributed by atoms with Gasteiger partial charge in [0.2, 0.25) is 0 Å². The van der Waals surface area contributed by atoms with Crippen LogP contribution in [0.25, 0.3) is 0 Å². The maximum Gasteiger partial charge on any atom is 0.253 e. The van der Waals surface area contributed by atoms with Gasteiger partial charge in [0.1, 0.15) is 17.4 Å². The maximum atomic E-state index is 11.1. The molecule has 12 heavy (non-hydrogen) atoms. The van der Waals surface area contributed by atoms with Crippen LogP contribution in [0.1, 0.15) is 0 Å². The summed E-state index contributed by atoms with van der Waals surface area (Å²) in [6.45, 7) is 0. The molecule has 0 fully saturated rings. The van der Waals surface area contributed by atoms with Crippen LogP contribution in [-0.2, 0) is 9.53 Å². The van der Waals surface area contributed by atoms with Gasteiger partial charge in [-0.1, -0.05) is 12.2 Å². The molecule has 1 atom stereocenters. The molecule has 1 unspecified atom stereocenters. The van der Waals surface area contributed by atoms with Gasteiger partial charge < -0.3 is 4.74 Å². The minimum atomic E-state index is -0.259. The number of hydrogen-bond acceptors (Lipinski definition) is 3. The van der Waals surface area contributed by atoms with Crippen LogP contribution in [0.3, 0.4) is 0 Å². The lowest BCUT2D eigenvalue weighted by Crippen LogP contribution is -2.23. The summed E-state index contributed by atoms with van der Waals surface area (Å²) in [4.78, 5) is 11.1. The minimum Gasteiger partial charge on any atom is -0.495 e. The van der Waals surface area contributed by atoms with Crippen LogP contribution in [0.4, 0.5) is 0 Å². The van der Waals surface area contributed by atoms with Crippen LogP contribution in [0, 0.1) is 5.92 Å². The van der Waals surface area contributed by atoms with Gasteiger partial charge >= 0.3 is 0 Å². The molecule has 2 rings (SSSR count). The van der Waals surface area contributed by atoms with Crippen molar-refractivity contribution in [3.05, 3.63) is 24.0 Å². The molecule has 1 heterocycles. The molecule has 0 radical (unpaired) electrons. The van der Waals surface area contributed by atoms with Crippen molar-refractivity contribution in [1.29, 1.82) is 0 Å². The lowest BCUT2D eigenvalue weighted by molar-refractivity contribution is -0.121. The van der Waals surface area contributed by atoms with Crippen molar-refractivity contribution in [2.45, 2.75) is 0 Å². The molecular weight excluding hydrogens is 156 g/mol. The molecule has 0 saturated carbocycles. The van der Waals surface area contributed by atoms with Crippen LogP contribution >= 0.6 is 0 Å². The van der Waals surface area contributed by atoms with E-state index in [4.69, 9.17) is 4.74 Å². The molecule has 0 spiro atoms. The molecule has 0 aromatic rings. The van der Waals surface area contributed by atoms with Crippen molar-refractivity contribution in [2.75, 3.05) is 7.11 Å². The first kappa shape index (κ1) is 7.09. The second-order valence-corrected chi connectivity index (χ2v) is 2.57. The number of nitrogens with zero attached hydrogens (tertiary/aromatic N) is 1. The van der Waals surface area contributed by atoms with Gasteiger partial charge in [0.15, 0.2) is 0 Å². The van der Waals surface area contributed by atoms with E-state index < -0.39 is 0 Å². The highest BCUT2D eigenvalue weighted by atomic mass is 16.5. The second kappa shape index (κ2) is 2.48. The first-order valence-corrected chi connectivity index (χ1v) is 3.63. The summed E-state index contributed by atoms with van der Waals surface area (Å²) in [6.07, 6.45) is 5.38. The van der Waals surface area contributed by atoms with E-state index in [0.717, 1.165) is 0 Å². The van der Waals surface area contributed by atoms with Gasteiger partial charge in [-0.25, -0.2) is 5.43 Å². The smallest absolute Gasteiger partial charge is 0.253 e. The SMILES string of the molecule is COC1=CC=CC2C(=O)NN=C12. The Kier molecular flexibility index (Phi) is 1.46. The molecule has 0 saturated heterocycles. The van der Waals surface area contributed by atoms with Gasteiger partial charge in [0.05, 0.1) is 7.11 Å². The zero-order valence-electron chi connectivity index (χ0n) is 6.57. The average Bonchev–Trinajstić information content (AvgIpc) is 2.48. The van der Waals surface area contributed by atoms with Gasteiger partial charge in [-0.3, -0.25) is 4.79 Å². The van der Waals surface area contributed by atoms with Crippen molar-refractivity contribution in [2.24, 2.45) is 11.0 Å². The number of carbonyl (C=O) groups excluding carboxylic acids is 1. The van der Waals surface area contributed by atoms with Gasteiger partial charge in [-0.15, -0.1) is 0 Å². The monoisotopic (exact) mass is 164 g/mol. The summed E-state index contributed by atoms with van der Waals surface area (Å²) >= 11 is 0. The number of nitrogens with one attached hydrogen (secondary N) is 1. The number of carbonyl (C=O) groups is 1. The van der Waals surface area contributed by atoms with Crippen LogP contribution < -0.4 is 5.43 Å². The highest BCUT2D eigenvalue weighted by Crippen LogP contribution is 2.19. The molecule has 4 heteroatoms. The summed E-state index contributed by atoms with van der Waals surface area (Å²) in [6, 6.07) is 0. The van der Waals surface area contributed by atoms with E-state index in [2.05, 4.69) is 10.5 Å². The van der Waals surface area contributed by atoms with Crippen molar-refractivity contribution in [3.8, 4) is 0 Å². The molecule has 4 nitrogen and oxygen atoms in total. The van der Waals surface area contributed by atoms with Crippen LogP contribution in [-0.4, -0.2) is 18.7 Å². The first-order chi connectivity index (χ1) is 5.83. The molecule has 1 aliphatic carbocycles. The Morgan fingerprint density at radius 1 is 1.67 bits per heavy atom. The number of hydrazone groups is 1. The predicted octanol–water partition coefficient (Wildman–Crippen LogP) is 0.188. The third kappa shape index (κ3) is 0.845. The lowest BCUT2D eigenvalue weighted by Gasteiger charge is -2.11. The van der Waals surface area contributed by atoms with Gasteiger partial charge in [0, 0.05) is 0 Å². The van der Waals surface area contributed by atoms with Crippen molar-refractivity contribution in [3.63, 3.8) is 0 Å².